The standard InChI is InChI=1S/C22H33N3O3S/c1-2-3-6-23-7-9-24(10-8-23)21(26)17-4-5-19-18(15-17)16-20(29-19)22(27)25-11-13-28-14-12-25/h16-17H,2-15H2,1H3. The van der Waals surface area contributed by atoms with E-state index >= 15 is 0 Å². The summed E-state index contributed by atoms with van der Waals surface area (Å²) in [6.07, 6.45) is 5.08. The van der Waals surface area contributed by atoms with Crippen LogP contribution in [0, 0.1) is 5.92 Å². The molecular formula is C22H33N3O3S. The quantitative estimate of drug-likeness (QED) is 0.735. The third-order valence-electron chi connectivity index (χ3n) is 6.45. The van der Waals surface area contributed by atoms with Crippen molar-refractivity contribution in [3.8, 4) is 0 Å². The van der Waals surface area contributed by atoms with Gasteiger partial charge in [-0.3, -0.25) is 14.5 Å². The molecule has 0 saturated carbocycles. The maximum absolute atomic E-state index is 13.1. The fourth-order valence-electron chi connectivity index (χ4n) is 4.59. The maximum atomic E-state index is 13.1. The normalized spacial score (nSPS) is 23.1. The highest BCUT2D eigenvalue weighted by Gasteiger charge is 2.32. The van der Waals surface area contributed by atoms with Gasteiger partial charge in [0.05, 0.1) is 18.1 Å². The van der Waals surface area contributed by atoms with Crippen LogP contribution < -0.4 is 0 Å². The maximum Gasteiger partial charge on any atom is 0.264 e. The SMILES string of the molecule is CCCCN1CCN(C(=O)C2CCc3sc(C(=O)N4CCOCC4)cc3C2)CC1. The highest BCUT2D eigenvalue weighted by atomic mass is 32.1. The van der Waals surface area contributed by atoms with Gasteiger partial charge >= 0.3 is 0 Å². The van der Waals surface area contributed by atoms with E-state index in [1.54, 1.807) is 11.3 Å². The number of carbonyl (C=O) groups excluding carboxylic acids is 2. The first-order valence-electron chi connectivity index (χ1n) is 11.2. The van der Waals surface area contributed by atoms with E-state index in [4.69, 9.17) is 4.74 Å². The van der Waals surface area contributed by atoms with Gasteiger partial charge < -0.3 is 14.5 Å². The molecule has 1 atom stereocenters. The number of unbranched alkanes of at least 4 members (excludes halogenated alkanes) is 1. The molecule has 1 aromatic heterocycles. The molecule has 1 unspecified atom stereocenters. The summed E-state index contributed by atoms with van der Waals surface area (Å²) in [5, 5.41) is 0. The van der Waals surface area contributed by atoms with Crippen molar-refractivity contribution >= 4 is 23.2 Å². The molecule has 1 aromatic rings. The van der Waals surface area contributed by atoms with E-state index in [-0.39, 0.29) is 11.8 Å². The average molecular weight is 420 g/mol. The van der Waals surface area contributed by atoms with E-state index in [9.17, 15) is 9.59 Å². The summed E-state index contributed by atoms with van der Waals surface area (Å²) >= 11 is 1.63. The summed E-state index contributed by atoms with van der Waals surface area (Å²) in [6, 6.07) is 2.06. The number of rotatable bonds is 5. The van der Waals surface area contributed by atoms with Gasteiger partial charge in [-0.2, -0.15) is 0 Å². The predicted molar refractivity (Wildman–Crippen MR) is 114 cm³/mol. The lowest BCUT2D eigenvalue weighted by Crippen LogP contribution is -2.51. The van der Waals surface area contributed by atoms with E-state index in [0.29, 0.717) is 32.2 Å². The minimum absolute atomic E-state index is 0.0747. The highest BCUT2D eigenvalue weighted by molar-refractivity contribution is 7.14. The number of hydrogen-bond acceptors (Lipinski definition) is 5. The Kier molecular flexibility index (Phi) is 6.88. The third kappa shape index (κ3) is 4.84. The minimum Gasteiger partial charge on any atom is -0.378 e. The number of thiophene rings is 1. The minimum atomic E-state index is 0.0747. The van der Waals surface area contributed by atoms with Gasteiger partial charge in [-0.15, -0.1) is 11.3 Å². The molecule has 0 radical (unpaired) electrons. The van der Waals surface area contributed by atoms with Crippen LogP contribution in [0.4, 0.5) is 0 Å². The summed E-state index contributed by atoms with van der Waals surface area (Å²) in [7, 11) is 0. The van der Waals surface area contributed by atoms with Crippen molar-refractivity contribution < 1.29 is 14.3 Å². The zero-order valence-electron chi connectivity index (χ0n) is 17.5. The Hall–Kier alpha value is -1.44. The summed E-state index contributed by atoms with van der Waals surface area (Å²) in [5.74, 6) is 0.516. The first-order chi connectivity index (χ1) is 14.2. The van der Waals surface area contributed by atoms with E-state index < -0.39 is 0 Å². The number of ether oxygens (including phenoxy) is 1. The van der Waals surface area contributed by atoms with Crippen LogP contribution in [-0.2, 0) is 22.4 Å². The zero-order valence-corrected chi connectivity index (χ0v) is 18.3. The summed E-state index contributed by atoms with van der Waals surface area (Å²) < 4.78 is 5.36. The number of amides is 2. The molecule has 4 rings (SSSR count). The molecule has 3 heterocycles. The van der Waals surface area contributed by atoms with E-state index in [1.165, 1.54) is 23.3 Å². The smallest absolute Gasteiger partial charge is 0.264 e. The van der Waals surface area contributed by atoms with Crippen LogP contribution in [0.15, 0.2) is 6.07 Å². The Balaban J connectivity index is 1.33. The van der Waals surface area contributed by atoms with Crippen LogP contribution in [0.1, 0.15) is 46.3 Å². The van der Waals surface area contributed by atoms with Crippen molar-refractivity contribution in [2.75, 3.05) is 59.0 Å². The molecule has 0 N–H and O–H groups in total. The first kappa shape index (κ1) is 20.8. The van der Waals surface area contributed by atoms with Crippen molar-refractivity contribution in [3.05, 3.63) is 21.4 Å². The second kappa shape index (κ2) is 9.58. The fraction of sp³-hybridized carbons (Fsp3) is 0.727. The number of piperazine rings is 1. The van der Waals surface area contributed by atoms with E-state index in [1.807, 2.05) is 4.90 Å². The van der Waals surface area contributed by atoms with Gasteiger partial charge in [-0.1, -0.05) is 13.3 Å². The van der Waals surface area contributed by atoms with Crippen molar-refractivity contribution in [1.29, 1.82) is 0 Å². The van der Waals surface area contributed by atoms with Gasteiger partial charge in [0.2, 0.25) is 5.91 Å². The summed E-state index contributed by atoms with van der Waals surface area (Å²) in [6.45, 7) is 9.69. The Morgan fingerprint density at radius 3 is 2.59 bits per heavy atom. The Morgan fingerprint density at radius 1 is 1.10 bits per heavy atom. The van der Waals surface area contributed by atoms with Crippen molar-refractivity contribution in [2.45, 2.75) is 39.0 Å². The van der Waals surface area contributed by atoms with Crippen LogP contribution >= 0.6 is 11.3 Å². The second-order valence-electron chi connectivity index (χ2n) is 8.42. The number of carbonyl (C=O) groups is 2. The molecule has 29 heavy (non-hydrogen) atoms. The van der Waals surface area contributed by atoms with Gasteiger partial charge in [-0.05, 0) is 43.9 Å². The second-order valence-corrected chi connectivity index (χ2v) is 9.56. The molecule has 2 amide bonds. The number of fused-ring (bicyclic) bond motifs is 1. The lowest BCUT2D eigenvalue weighted by Gasteiger charge is -2.37. The topological polar surface area (TPSA) is 53.1 Å². The Labute approximate surface area is 177 Å². The van der Waals surface area contributed by atoms with Gasteiger partial charge in [0.25, 0.3) is 5.91 Å². The molecule has 2 aliphatic heterocycles. The van der Waals surface area contributed by atoms with Crippen molar-refractivity contribution in [1.82, 2.24) is 14.7 Å². The zero-order chi connectivity index (χ0) is 20.2. The first-order valence-corrected chi connectivity index (χ1v) is 12.0. The third-order valence-corrected chi connectivity index (χ3v) is 7.68. The highest BCUT2D eigenvalue weighted by Crippen LogP contribution is 2.34. The molecular weight excluding hydrogens is 386 g/mol. The number of nitrogens with zero attached hydrogens (tertiary/aromatic N) is 3. The van der Waals surface area contributed by atoms with Crippen LogP contribution in [0.5, 0.6) is 0 Å². The van der Waals surface area contributed by atoms with Gasteiger partial charge in [0.15, 0.2) is 0 Å². The van der Waals surface area contributed by atoms with E-state index in [2.05, 4.69) is 22.8 Å². The largest absolute Gasteiger partial charge is 0.378 e. The Bertz CT molecular complexity index is 721. The molecule has 2 fully saturated rings. The number of morpholine rings is 1. The number of aryl methyl sites for hydroxylation is 1. The van der Waals surface area contributed by atoms with Crippen molar-refractivity contribution in [2.24, 2.45) is 5.92 Å². The fourth-order valence-corrected chi connectivity index (χ4v) is 5.77. The molecule has 0 spiro atoms. The molecule has 3 aliphatic rings. The summed E-state index contributed by atoms with van der Waals surface area (Å²) in [4.78, 5) is 34.5. The van der Waals surface area contributed by atoms with Crippen LogP contribution in [0.2, 0.25) is 0 Å². The molecule has 7 heteroatoms. The lowest BCUT2D eigenvalue weighted by molar-refractivity contribution is -0.137. The lowest BCUT2D eigenvalue weighted by atomic mass is 9.87. The predicted octanol–water partition coefficient (Wildman–Crippen LogP) is 2.27. The average Bonchev–Trinajstić information content (AvgIpc) is 3.21. The molecule has 1 aliphatic carbocycles. The molecule has 0 aromatic carbocycles. The van der Waals surface area contributed by atoms with Crippen LogP contribution in [0.3, 0.4) is 0 Å². The van der Waals surface area contributed by atoms with Crippen LogP contribution in [-0.4, -0.2) is 85.5 Å². The number of hydrogen-bond donors (Lipinski definition) is 0. The van der Waals surface area contributed by atoms with E-state index in [0.717, 1.165) is 56.9 Å². The monoisotopic (exact) mass is 419 g/mol. The van der Waals surface area contributed by atoms with Gasteiger partial charge in [0.1, 0.15) is 0 Å². The molecule has 6 nitrogen and oxygen atoms in total. The summed E-state index contributed by atoms with van der Waals surface area (Å²) in [5.41, 5.74) is 1.22. The molecule has 0 bridgehead atoms. The van der Waals surface area contributed by atoms with Gasteiger partial charge in [-0.25, -0.2) is 0 Å². The Morgan fingerprint density at radius 2 is 1.86 bits per heavy atom. The van der Waals surface area contributed by atoms with Gasteiger partial charge in [0, 0.05) is 50.1 Å². The molecule has 2 saturated heterocycles. The molecule has 160 valence electrons. The van der Waals surface area contributed by atoms with Crippen molar-refractivity contribution in [3.63, 3.8) is 0 Å². The van der Waals surface area contributed by atoms with Crippen LogP contribution in [0.25, 0.3) is 0 Å².